The Hall–Kier alpha value is -4.66. The second-order valence-electron chi connectivity index (χ2n) is 9.06. The van der Waals surface area contributed by atoms with Crippen LogP contribution in [0.3, 0.4) is 0 Å². The van der Waals surface area contributed by atoms with E-state index in [1.54, 1.807) is 42.5 Å². The van der Waals surface area contributed by atoms with Gasteiger partial charge in [-0.05, 0) is 42.7 Å². The van der Waals surface area contributed by atoms with Crippen molar-refractivity contribution in [3.8, 4) is 5.75 Å². The van der Waals surface area contributed by atoms with Gasteiger partial charge in [-0.3, -0.25) is 19.7 Å². The molecule has 4 aromatic rings. The van der Waals surface area contributed by atoms with E-state index in [0.29, 0.717) is 35.5 Å². The molecule has 3 aromatic carbocycles. The molecule has 0 saturated heterocycles. The lowest BCUT2D eigenvalue weighted by Crippen LogP contribution is -2.38. The topological polar surface area (TPSA) is 124 Å². The molecule has 1 aliphatic carbocycles. The molecule has 9 nitrogen and oxygen atoms in total. The van der Waals surface area contributed by atoms with Crippen LogP contribution in [-0.2, 0) is 10.2 Å². The van der Waals surface area contributed by atoms with Crippen LogP contribution in [0.25, 0.3) is 11.0 Å². The zero-order valence-corrected chi connectivity index (χ0v) is 20.2. The van der Waals surface area contributed by atoms with Crippen LogP contribution < -0.4 is 15.4 Å². The Kier molecular flexibility index (Phi) is 6.35. The number of anilines is 2. The van der Waals surface area contributed by atoms with E-state index in [2.05, 4.69) is 10.6 Å². The number of carbonyl (C=O) groups is 2. The summed E-state index contributed by atoms with van der Waals surface area (Å²) < 4.78 is 11.1. The van der Waals surface area contributed by atoms with E-state index in [1.165, 1.54) is 19.2 Å². The van der Waals surface area contributed by atoms with Crippen molar-refractivity contribution in [1.82, 2.24) is 0 Å². The summed E-state index contributed by atoms with van der Waals surface area (Å²) in [5.74, 6) is -0.0562. The van der Waals surface area contributed by atoms with Gasteiger partial charge < -0.3 is 19.8 Å². The second-order valence-corrected chi connectivity index (χ2v) is 9.06. The van der Waals surface area contributed by atoms with Crippen LogP contribution >= 0.6 is 0 Å². The largest absolute Gasteiger partial charge is 0.494 e. The molecule has 9 heteroatoms. The van der Waals surface area contributed by atoms with Crippen molar-refractivity contribution in [1.29, 1.82) is 0 Å². The third-order valence-electron chi connectivity index (χ3n) is 6.88. The summed E-state index contributed by atoms with van der Waals surface area (Å²) in [6.07, 6.45) is 3.08. The monoisotopic (exact) mass is 499 g/mol. The maximum atomic E-state index is 13.5. The van der Waals surface area contributed by atoms with Crippen LogP contribution in [0.15, 0.2) is 77.2 Å². The van der Waals surface area contributed by atoms with Gasteiger partial charge in [-0.2, -0.15) is 0 Å². The zero-order valence-electron chi connectivity index (χ0n) is 20.2. The number of fused-ring (bicyclic) bond motifs is 1. The van der Waals surface area contributed by atoms with Crippen molar-refractivity contribution in [3.05, 3.63) is 94.2 Å². The van der Waals surface area contributed by atoms with Crippen molar-refractivity contribution in [2.75, 3.05) is 17.7 Å². The van der Waals surface area contributed by atoms with E-state index in [4.69, 9.17) is 9.15 Å². The lowest BCUT2D eigenvalue weighted by atomic mass is 9.78. The minimum atomic E-state index is -0.767. The molecule has 1 fully saturated rings. The molecule has 188 valence electrons. The van der Waals surface area contributed by atoms with E-state index < -0.39 is 16.2 Å². The minimum absolute atomic E-state index is 0.0117. The standard InChI is InChI=1S/C28H25N3O6/c1-36-24-17-20(10-13-22(24)30-26(32)25-16-18-6-2-3-7-23(18)37-25)29-27(33)28(14-4-5-15-28)19-8-11-21(12-9-19)31(34)35/h2-3,6-13,16-17H,4-5,14-15H2,1H3,(H,29,33)(H,30,32). The van der Waals surface area contributed by atoms with Crippen LogP contribution in [0.1, 0.15) is 41.8 Å². The van der Waals surface area contributed by atoms with Crippen LogP contribution in [0.4, 0.5) is 17.1 Å². The lowest BCUT2D eigenvalue weighted by Gasteiger charge is -2.28. The highest BCUT2D eigenvalue weighted by atomic mass is 16.6. The number of nitrogens with zero attached hydrogens (tertiary/aromatic N) is 1. The summed E-state index contributed by atoms with van der Waals surface area (Å²) in [6.45, 7) is 0. The van der Waals surface area contributed by atoms with Gasteiger partial charge in [0.1, 0.15) is 11.3 Å². The van der Waals surface area contributed by atoms with Gasteiger partial charge in [-0.25, -0.2) is 0 Å². The summed E-state index contributed by atoms with van der Waals surface area (Å²) in [4.78, 5) is 36.9. The maximum absolute atomic E-state index is 13.5. The Balaban J connectivity index is 1.35. The number of nitro groups is 1. The molecule has 1 aliphatic rings. The summed E-state index contributed by atoms with van der Waals surface area (Å²) in [6, 6.07) is 20.2. The Morgan fingerprint density at radius 1 is 0.973 bits per heavy atom. The third kappa shape index (κ3) is 4.63. The number of methoxy groups -OCH3 is 1. The minimum Gasteiger partial charge on any atom is -0.494 e. The zero-order chi connectivity index (χ0) is 26.0. The predicted molar refractivity (Wildman–Crippen MR) is 139 cm³/mol. The third-order valence-corrected chi connectivity index (χ3v) is 6.88. The van der Waals surface area contributed by atoms with Crippen molar-refractivity contribution in [2.24, 2.45) is 0 Å². The molecule has 1 heterocycles. The van der Waals surface area contributed by atoms with E-state index in [1.807, 2.05) is 18.2 Å². The molecule has 2 N–H and O–H groups in total. The quantitative estimate of drug-likeness (QED) is 0.236. The first-order valence-corrected chi connectivity index (χ1v) is 11.9. The van der Waals surface area contributed by atoms with Gasteiger partial charge in [0.15, 0.2) is 5.76 Å². The fourth-order valence-electron chi connectivity index (χ4n) is 4.93. The summed E-state index contributed by atoms with van der Waals surface area (Å²) >= 11 is 0. The molecule has 1 aromatic heterocycles. The Morgan fingerprint density at radius 2 is 1.70 bits per heavy atom. The van der Waals surface area contributed by atoms with Gasteiger partial charge >= 0.3 is 0 Å². The van der Waals surface area contributed by atoms with Gasteiger partial charge in [-0.1, -0.05) is 43.2 Å². The number of furan rings is 1. The average molecular weight is 500 g/mol. The number of nitro benzene ring substituents is 1. The molecule has 5 rings (SSSR count). The number of ether oxygens (including phenoxy) is 1. The van der Waals surface area contributed by atoms with Crippen molar-refractivity contribution in [2.45, 2.75) is 31.1 Å². The lowest BCUT2D eigenvalue weighted by molar-refractivity contribution is -0.384. The highest BCUT2D eigenvalue weighted by molar-refractivity contribution is 6.06. The fraction of sp³-hybridized carbons (Fsp3) is 0.214. The van der Waals surface area contributed by atoms with Crippen molar-refractivity contribution >= 4 is 39.8 Å². The SMILES string of the molecule is COc1cc(NC(=O)C2(c3ccc([N+](=O)[O-])cc3)CCCC2)ccc1NC(=O)c1cc2ccccc2o1. The molecule has 0 radical (unpaired) electrons. The van der Waals surface area contributed by atoms with Gasteiger partial charge in [0.05, 0.1) is 23.1 Å². The van der Waals surface area contributed by atoms with Crippen molar-refractivity contribution in [3.63, 3.8) is 0 Å². The number of non-ortho nitro benzene ring substituents is 1. The van der Waals surface area contributed by atoms with Crippen molar-refractivity contribution < 1.29 is 23.7 Å². The highest BCUT2D eigenvalue weighted by Crippen LogP contribution is 2.43. The number of amides is 2. The van der Waals surface area contributed by atoms with Crippen LogP contribution in [0, 0.1) is 10.1 Å². The van der Waals surface area contributed by atoms with E-state index >= 15 is 0 Å². The molecule has 0 bridgehead atoms. The Morgan fingerprint density at radius 3 is 2.38 bits per heavy atom. The molecule has 2 amide bonds. The number of hydrogen-bond donors (Lipinski definition) is 2. The molecule has 1 saturated carbocycles. The van der Waals surface area contributed by atoms with E-state index in [0.717, 1.165) is 23.8 Å². The van der Waals surface area contributed by atoms with Crippen LogP contribution in [-0.4, -0.2) is 23.8 Å². The molecule has 0 unspecified atom stereocenters. The molecular weight excluding hydrogens is 474 g/mol. The first-order valence-electron chi connectivity index (χ1n) is 11.9. The normalized spacial score (nSPS) is 14.3. The smallest absolute Gasteiger partial charge is 0.291 e. The van der Waals surface area contributed by atoms with Gasteiger partial charge in [0.2, 0.25) is 5.91 Å². The number of nitrogens with one attached hydrogen (secondary N) is 2. The number of rotatable bonds is 7. The van der Waals surface area contributed by atoms with Crippen LogP contribution in [0.5, 0.6) is 5.75 Å². The summed E-state index contributed by atoms with van der Waals surface area (Å²) in [5.41, 5.74) is 1.54. The second kappa shape index (κ2) is 9.77. The number of carbonyl (C=O) groups excluding carboxylic acids is 2. The number of benzene rings is 3. The Bertz CT molecular complexity index is 1450. The number of para-hydroxylation sites is 1. The van der Waals surface area contributed by atoms with Gasteiger partial charge in [0.25, 0.3) is 11.6 Å². The van der Waals surface area contributed by atoms with E-state index in [9.17, 15) is 19.7 Å². The molecule has 0 aliphatic heterocycles. The molecule has 0 spiro atoms. The first-order chi connectivity index (χ1) is 17.9. The van der Waals surface area contributed by atoms with Gasteiger partial charge in [-0.15, -0.1) is 0 Å². The maximum Gasteiger partial charge on any atom is 0.291 e. The molecule has 37 heavy (non-hydrogen) atoms. The molecule has 0 atom stereocenters. The average Bonchev–Trinajstić information content (AvgIpc) is 3.58. The van der Waals surface area contributed by atoms with E-state index in [-0.39, 0.29) is 17.4 Å². The fourth-order valence-corrected chi connectivity index (χ4v) is 4.93. The van der Waals surface area contributed by atoms with Gasteiger partial charge in [0, 0.05) is 29.3 Å². The highest BCUT2D eigenvalue weighted by Gasteiger charge is 2.43. The first kappa shape index (κ1) is 24.1. The molecular formula is C28H25N3O6. The Labute approximate surface area is 212 Å². The predicted octanol–water partition coefficient (Wildman–Crippen LogP) is 6.05. The summed E-state index contributed by atoms with van der Waals surface area (Å²) in [5, 5.41) is 17.7. The number of hydrogen-bond acceptors (Lipinski definition) is 6. The van der Waals surface area contributed by atoms with Crippen LogP contribution in [0.2, 0.25) is 0 Å². The summed E-state index contributed by atoms with van der Waals surface area (Å²) in [7, 11) is 1.48.